The smallest absolute Gasteiger partial charge is 0.259 e. The maximum Gasteiger partial charge on any atom is 0.259 e. The lowest BCUT2D eigenvalue weighted by Gasteiger charge is -2.04. The zero-order valence-corrected chi connectivity index (χ0v) is 12.0. The molecule has 0 fully saturated rings. The van der Waals surface area contributed by atoms with Crippen molar-refractivity contribution in [1.29, 1.82) is 0 Å². The quantitative estimate of drug-likeness (QED) is 0.850. The van der Waals surface area contributed by atoms with E-state index < -0.39 is 0 Å². The predicted octanol–water partition coefficient (Wildman–Crippen LogP) is 2.70. The van der Waals surface area contributed by atoms with Crippen molar-refractivity contribution >= 4 is 44.0 Å². The number of nitrogens with zero attached hydrogens (tertiary/aromatic N) is 2. The monoisotopic (exact) mass is 326 g/mol. The van der Waals surface area contributed by atoms with E-state index in [-0.39, 0.29) is 5.91 Å². The molecule has 0 aliphatic rings. The van der Waals surface area contributed by atoms with E-state index in [1.165, 1.54) is 11.3 Å². The molecule has 1 aromatic carbocycles. The van der Waals surface area contributed by atoms with Crippen molar-refractivity contribution in [2.24, 2.45) is 0 Å². The van der Waals surface area contributed by atoms with Crippen molar-refractivity contribution in [1.82, 2.24) is 10.2 Å². The molecule has 0 atom stereocenters. The van der Waals surface area contributed by atoms with Gasteiger partial charge in [-0.05, 0) is 24.6 Å². The van der Waals surface area contributed by atoms with Crippen molar-refractivity contribution in [3.05, 3.63) is 33.2 Å². The van der Waals surface area contributed by atoms with Crippen molar-refractivity contribution in [2.45, 2.75) is 13.3 Å². The summed E-state index contributed by atoms with van der Waals surface area (Å²) in [7, 11) is 0. The number of halogens is 1. The molecule has 2 rings (SSSR count). The van der Waals surface area contributed by atoms with Crippen LogP contribution in [0.5, 0.6) is 0 Å². The lowest BCUT2D eigenvalue weighted by atomic mass is 10.2. The van der Waals surface area contributed by atoms with Gasteiger partial charge in [0.25, 0.3) is 5.91 Å². The Kier molecular flexibility index (Phi) is 3.93. The third-order valence-electron chi connectivity index (χ3n) is 2.25. The van der Waals surface area contributed by atoms with Gasteiger partial charge in [-0.25, -0.2) is 0 Å². The lowest BCUT2D eigenvalue weighted by molar-refractivity contribution is 0.102. The molecule has 0 saturated carbocycles. The molecule has 0 aliphatic carbocycles. The number of nitrogens with one attached hydrogen (secondary N) is 1. The summed E-state index contributed by atoms with van der Waals surface area (Å²) < 4.78 is 0.834. The van der Waals surface area contributed by atoms with Crippen LogP contribution in [0.25, 0.3) is 0 Å². The second-order valence-electron chi connectivity index (χ2n) is 3.54. The molecule has 0 bridgehead atoms. The fourth-order valence-corrected chi connectivity index (χ4v) is 2.41. The van der Waals surface area contributed by atoms with Crippen LogP contribution in [0.4, 0.5) is 10.8 Å². The van der Waals surface area contributed by atoms with Crippen molar-refractivity contribution < 1.29 is 4.79 Å². The molecule has 1 aromatic heterocycles. The fraction of sp³-hybridized carbons (Fsp3) is 0.182. The van der Waals surface area contributed by atoms with Crippen LogP contribution in [0.1, 0.15) is 22.3 Å². The summed E-state index contributed by atoms with van der Waals surface area (Å²) in [6.07, 6.45) is 0.800. The van der Waals surface area contributed by atoms with Crippen LogP contribution in [-0.2, 0) is 6.42 Å². The van der Waals surface area contributed by atoms with Gasteiger partial charge in [-0.1, -0.05) is 34.2 Å². The van der Waals surface area contributed by atoms with Crippen molar-refractivity contribution in [3.8, 4) is 0 Å². The molecule has 94 valence electrons. The lowest BCUT2D eigenvalue weighted by Crippen LogP contribution is -2.13. The number of amides is 1. The molecule has 18 heavy (non-hydrogen) atoms. The summed E-state index contributed by atoms with van der Waals surface area (Å²) in [4.78, 5) is 12.0. The second kappa shape index (κ2) is 5.45. The third-order valence-corrected chi connectivity index (χ3v) is 3.72. The highest BCUT2D eigenvalue weighted by atomic mass is 79.9. The summed E-state index contributed by atoms with van der Waals surface area (Å²) >= 11 is 4.65. The number of hydrogen-bond acceptors (Lipinski definition) is 5. The number of carbonyl (C=O) groups is 1. The Morgan fingerprint density at radius 1 is 1.50 bits per heavy atom. The first kappa shape index (κ1) is 13.0. The van der Waals surface area contributed by atoms with E-state index in [0.717, 1.165) is 15.9 Å². The Hall–Kier alpha value is -1.47. The molecule has 0 unspecified atom stereocenters. The number of hydrogen-bond donors (Lipinski definition) is 2. The van der Waals surface area contributed by atoms with Crippen LogP contribution in [0.3, 0.4) is 0 Å². The van der Waals surface area contributed by atoms with E-state index in [0.29, 0.717) is 16.4 Å². The highest BCUT2D eigenvalue weighted by molar-refractivity contribution is 9.10. The zero-order valence-electron chi connectivity index (χ0n) is 9.61. The highest BCUT2D eigenvalue weighted by Gasteiger charge is 2.12. The van der Waals surface area contributed by atoms with Gasteiger partial charge in [0.1, 0.15) is 5.01 Å². The molecule has 1 heterocycles. The predicted molar refractivity (Wildman–Crippen MR) is 75.8 cm³/mol. The number of aryl methyl sites for hydroxylation is 1. The van der Waals surface area contributed by atoms with Gasteiger partial charge in [-0.3, -0.25) is 10.1 Å². The number of nitrogens with two attached hydrogens (primary N) is 1. The Morgan fingerprint density at radius 2 is 2.28 bits per heavy atom. The van der Waals surface area contributed by atoms with E-state index in [9.17, 15) is 4.79 Å². The number of nitrogen functional groups attached to an aromatic ring is 1. The Morgan fingerprint density at radius 3 is 2.89 bits per heavy atom. The van der Waals surface area contributed by atoms with Gasteiger partial charge < -0.3 is 5.73 Å². The highest BCUT2D eigenvalue weighted by Crippen LogP contribution is 2.21. The first-order valence-electron chi connectivity index (χ1n) is 5.29. The van der Waals surface area contributed by atoms with Gasteiger partial charge >= 0.3 is 0 Å². The van der Waals surface area contributed by atoms with Gasteiger partial charge in [0, 0.05) is 10.2 Å². The molecule has 0 saturated heterocycles. The van der Waals surface area contributed by atoms with Gasteiger partial charge in [0.05, 0.1) is 5.56 Å². The molecule has 7 heteroatoms. The number of aromatic nitrogens is 2. The average Bonchev–Trinajstić information content (AvgIpc) is 2.76. The minimum Gasteiger partial charge on any atom is -0.398 e. The number of rotatable bonds is 3. The van der Waals surface area contributed by atoms with Crippen LogP contribution < -0.4 is 11.1 Å². The molecular formula is C11H11BrN4OS. The first-order valence-corrected chi connectivity index (χ1v) is 6.90. The third kappa shape index (κ3) is 2.85. The molecule has 5 nitrogen and oxygen atoms in total. The standard InChI is InChI=1S/C11H11BrN4OS/c1-2-9-15-16-11(18-9)14-10(17)7-4-3-6(12)5-8(7)13/h3-5H,2,13H2,1H3,(H,14,16,17). The Labute approximate surface area is 117 Å². The number of carbonyl (C=O) groups excluding carboxylic acids is 1. The van der Waals surface area contributed by atoms with E-state index in [1.807, 2.05) is 6.92 Å². The summed E-state index contributed by atoms with van der Waals surface area (Å²) in [5, 5.41) is 11.9. The first-order chi connectivity index (χ1) is 8.60. The molecule has 0 aliphatic heterocycles. The largest absolute Gasteiger partial charge is 0.398 e. The minimum atomic E-state index is -0.279. The summed E-state index contributed by atoms with van der Waals surface area (Å²) in [6, 6.07) is 5.12. The summed E-state index contributed by atoms with van der Waals surface area (Å²) in [5.74, 6) is -0.279. The van der Waals surface area contributed by atoms with Gasteiger partial charge in [0.2, 0.25) is 5.13 Å². The molecule has 0 spiro atoms. The minimum absolute atomic E-state index is 0.279. The van der Waals surface area contributed by atoms with E-state index in [1.54, 1.807) is 18.2 Å². The number of benzene rings is 1. The number of anilines is 2. The van der Waals surface area contributed by atoms with Crippen molar-refractivity contribution in [3.63, 3.8) is 0 Å². The van der Waals surface area contributed by atoms with E-state index in [4.69, 9.17) is 5.73 Å². The van der Waals surface area contributed by atoms with Crippen LogP contribution in [0.15, 0.2) is 22.7 Å². The molecule has 2 aromatic rings. The second-order valence-corrected chi connectivity index (χ2v) is 5.52. The Bertz CT molecular complexity index is 584. The zero-order chi connectivity index (χ0) is 13.1. The molecule has 3 N–H and O–H groups in total. The SMILES string of the molecule is CCc1nnc(NC(=O)c2ccc(Br)cc2N)s1. The summed E-state index contributed by atoms with van der Waals surface area (Å²) in [6.45, 7) is 1.98. The molecular weight excluding hydrogens is 316 g/mol. The summed E-state index contributed by atoms with van der Waals surface area (Å²) in [5.41, 5.74) is 6.63. The van der Waals surface area contributed by atoms with E-state index in [2.05, 4.69) is 31.4 Å². The maximum absolute atomic E-state index is 12.0. The molecule has 0 radical (unpaired) electrons. The van der Waals surface area contributed by atoms with Crippen LogP contribution in [0, 0.1) is 0 Å². The maximum atomic E-state index is 12.0. The normalized spacial score (nSPS) is 10.3. The van der Waals surface area contributed by atoms with Crippen LogP contribution in [-0.4, -0.2) is 16.1 Å². The fourth-order valence-electron chi connectivity index (χ4n) is 1.35. The van der Waals surface area contributed by atoms with Crippen LogP contribution in [0.2, 0.25) is 0 Å². The topological polar surface area (TPSA) is 80.9 Å². The Balaban J connectivity index is 2.16. The van der Waals surface area contributed by atoms with Crippen molar-refractivity contribution in [2.75, 3.05) is 11.1 Å². The van der Waals surface area contributed by atoms with Gasteiger partial charge in [-0.15, -0.1) is 10.2 Å². The van der Waals surface area contributed by atoms with Gasteiger partial charge in [0.15, 0.2) is 0 Å². The van der Waals surface area contributed by atoms with E-state index >= 15 is 0 Å². The molecule has 1 amide bonds. The average molecular weight is 327 g/mol. The van der Waals surface area contributed by atoms with Gasteiger partial charge in [-0.2, -0.15) is 0 Å². The van der Waals surface area contributed by atoms with Crippen LogP contribution >= 0.6 is 27.3 Å².